The first kappa shape index (κ1) is 20.1. The molecule has 3 atom stereocenters. The number of rotatable bonds is 3. The molecule has 7 nitrogen and oxygen atoms in total. The lowest BCUT2D eigenvalue weighted by atomic mass is 9.71. The molecule has 2 N–H and O–H groups in total. The van der Waals surface area contributed by atoms with Crippen molar-refractivity contribution >= 4 is 23.3 Å². The van der Waals surface area contributed by atoms with E-state index >= 15 is 0 Å². The fourth-order valence-corrected chi connectivity index (χ4v) is 4.75. The molecule has 32 heavy (non-hydrogen) atoms. The van der Waals surface area contributed by atoms with E-state index in [0.29, 0.717) is 11.3 Å². The third kappa shape index (κ3) is 3.29. The van der Waals surface area contributed by atoms with E-state index in [-0.39, 0.29) is 37.1 Å². The number of nitrogens with zero attached hydrogens (tertiary/aromatic N) is 3. The first-order chi connectivity index (χ1) is 15.6. The van der Waals surface area contributed by atoms with Crippen LogP contribution in [-0.4, -0.2) is 52.2 Å². The molecule has 0 saturated carbocycles. The van der Waals surface area contributed by atoms with Crippen molar-refractivity contribution in [3.05, 3.63) is 90.0 Å². The second kappa shape index (κ2) is 8.05. The van der Waals surface area contributed by atoms with Gasteiger partial charge >= 0.3 is 6.03 Å². The maximum atomic E-state index is 13.6. The fraction of sp³-hybridized carbons (Fsp3) is 0.208. The minimum absolute atomic E-state index is 0.0879. The number of fused-ring (bicyclic) bond motifs is 3. The summed E-state index contributed by atoms with van der Waals surface area (Å²) in [5.74, 6) is -0.766. The Morgan fingerprint density at radius 1 is 1.12 bits per heavy atom. The van der Waals surface area contributed by atoms with Crippen LogP contribution in [0.25, 0.3) is 0 Å². The number of halogens is 1. The summed E-state index contributed by atoms with van der Waals surface area (Å²) in [6.07, 6.45) is 3.09. The Kier molecular flexibility index (Phi) is 5.07. The second-order valence-corrected chi connectivity index (χ2v) is 7.91. The molecule has 162 valence electrons. The van der Waals surface area contributed by atoms with Gasteiger partial charge in [0.1, 0.15) is 5.82 Å². The summed E-state index contributed by atoms with van der Waals surface area (Å²) in [5, 5.41) is 12.8. The first-order valence-electron chi connectivity index (χ1n) is 10.3. The van der Waals surface area contributed by atoms with Crippen LogP contribution in [0.5, 0.6) is 0 Å². The minimum atomic E-state index is -0.445. The molecule has 0 bridgehead atoms. The van der Waals surface area contributed by atoms with Crippen LogP contribution < -0.4 is 10.2 Å². The number of aliphatic hydroxyl groups excluding tert-OH is 1. The highest BCUT2D eigenvalue weighted by Gasteiger charge is 2.55. The molecule has 5 rings (SSSR count). The Morgan fingerprint density at radius 3 is 2.72 bits per heavy atom. The Labute approximate surface area is 184 Å². The maximum Gasteiger partial charge on any atom is 0.326 e. The van der Waals surface area contributed by atoms with E-state index in [1.54, 1.807) is 34.2 Å². The average molecular weight is 432 g/mol. The van der Waals surface area contributed by atoms with Gasteiger partial charge < -0.3 is 15.3 Å². The summed E-state index contributed by atoms with van der Waals surface area (Å²) in [4.78, 5) is 33.6. The lowest BCUT2D eigenvalue weighted by Gasteiger charge is -2.58. The lowest BCUT2D eigenvalue weighted by molar-refractivity contribution is -0.0241. The van der Waals surface area contributed by atoms with Crippen LogP contribution >= 0.6 is 0 Å². The second-order valence-electron chi connectivity index (χ2n) is 7.91. The number of pyridine rings is 1. The van der Waals surface area contributed by atoms with Crippen LogP contribution in [0.4, 0.5) is 20.6 Å². The van der Waals surface area contributed by atoms with Crippen molar-refractivity contribution in [2.45, 2.75) is 18.0 Å². The van der Waals surface area contributed by atoms with Gasteiger partial charge in [-0.15, -0.1) is 0 Å². The molecular formula is C24H21FN4O3. The number of benzene rings is 2. The van der Waals surface area contributed by atoms with Crippen LogP contribution in [0.1, 0.15) is 21.8 Å². The van der Waals surface area contributed by atoms with Gasteiger partial charge in [-0.3, -0.25) is 14.7 Å². The predicted octanol–water partition coefficient (Wildman–Crippen LogP) is 3.24. The number of para-hydroxylation sites is 1. The smallest absolute Gasteiger partial charge is 0.326 e. The van der Waals surface area contributed by atoms with Crippen molar-refractivity contribution < 1.29 is 19.1 Å². The van der Waals surface area contributed by atoms with Gasteiger partial charge in [-0.1, -0.05) is 24.3 Å². The Morgan fingerprint density at radius 2 is 1.97 bits per heavy atom. The number of anilines is 2. The van der Waals surface area contributed by atoms with Crippen molar-refractivity contribution in [3.8, 4) is 0 Å². The number of aliphatic hydroxyl groups is 1. The summed E-state index contributed by atoms with van der Waals surface area (Å²) in [7, 11) is 0. The number of amides is 3. The third-order valence-electron chi connectivity index (χ3n) is 6.15. The van der Waals surface area contributed by atoms with Gasteiger partial charge in [0, 0.05) is 36.2 Å². The Bertz CT molecular complexity index is 1170. The van der Waals surface area contributed by atoms with E-state index in [1.807, 2.05) is 24.3 Å². The van der Waals surface area contributed by atoms with E-state index < -0.39 is 11.8 Å². The van der Waals surface area contributed by atoms with Crippen molar-refractivity contribution in [1.29, 1.82) is 0 Å². The molecule has 8 heteroatoms. The average Bonchev–Trinajstić information content (AvgIpc) is 2.80. The standard InChI is InChI=1S/C24H21FN4O3/c25-16-6-3-7-17(11-16)27-24(32)28-13-20-22(18-8-1-2-9-19(18)28)21(14-30)29(20)23(31)15-5-4-10-26-12-15/h1-12,20-22,30H,13-14H2,(H,27,32)/t20-,21-,22+/m1/s1. The van der Waals surface area contributed by atoms with Crippen molar-refractivity contribution in [1.82, 2.24) is 9.88 Å². The van der Waals surface area contributed by atoms with Crippen LogP contribution in [-0.2, 0) is 0 Å². The van der Waals surface area contributed by atoms with Gasteiger partial charge in [0.25, 0.3) is 5.91 Å². The number of carbonyl (C=O) groups excluding carboxylic acids is 2. The minimum Gasteiger partial charge on any atom is -0.394 e. The highest BCUT2D eigenvalue weighted by atomic mass is 19.1. The van der Waals surface area contributed by atoms with Gasteiger partial charge in [-0.2, -0.15) is 0 Å². The summed E-state index contributed by atoms with van der Waals surface area (Å²) in [6, 6.07) is 15.5. The van der Waals surface area contributed by atoms with Crippen LogP contribution in [0, 0.1) is 5.82 Å². The van der Waals surface area contributed by atoms with Crippen molar-refractivity contribution in [2.24, 2.45) is 0 Å². The number of aromatic nitrogens is 1. The summed E-state index contributed by atoms with van der Waals surface area (Å²) >= 11 is 0. The molecule has 1 fully saturated rings. The predicted molar refractivity (Wildman–Crippen MR) is 117 cm³/mol. The third-order valence-corrected chi connectivity index (χ3v) is 6.15. The molecule has 2 aliphatic heterocycles. The molecule has 0 spiro atoms. The van der Waals surface area contributed by atoms with Gasteiger partial charge in [0.2, 0.25) is 0 Å². The van der Waals surface area contributed by atoms with Crippen molar-refractivity contribution in [2.75, 3.05) is 23.4 Å². The summed E-state index contributed by atoms with van der Waals surface area (Å²) in [5.41, 5.74) is 2.39. The molecule has 1 aromatic heterocycles. The largest absolute Gasteiger partial charge is 0.394 e. The molecule has 2 aliphatic rings. The van der Waals surface area contributed by atoms with Crippen LogP contribution in [0.15, 0.2) is 73.1 Å². The summed E-state index contributed by atoms with van der Waals surface area (Å²) < 4.78 is 13.6. The molecule has 3 amide bonds. The number of nitrogens with one attached hydrogen (secondary N) is 1. The molecule has 0 radical (unpaired) electrons. The number of hydrogen-bond donors (Lipinski definition) is 2. The topological polar surface area (TPSA) is 85.8 Å². The van der Waals surface area contributed by atoms with E-state index in [2.05, 4.69) is 10.3 Å². The monoisotopic (exact) mass is 432 g/mol. The quantitative estimate of drug-likeness (QED) is 0.665. The number of hydrogen-bond acceptors (Lipinski definition) is 4. The number of carbonyl (C=O) groups is 2. The molecule has 0 unspecified atom stereocenters. The molecule has 1 saturated heterocycles. The number of likely N-dealkylation sites (tertiary alicyclic amines) is 1. The summed E-state index contributed by atoms with van der Waals surface area (Å²) in [6.45, 7) is 0.0717. The molecule has 3 aromatic rings. The van der Waals surface area contributed by atoms with E-state index in [4.69, 9.17) is 0 Å². The van der Waals surface area contributed by atoms with Crippen molar-refractivity contribution in [3.63, 3.8) is 0 Å². The maximum absolute atomic E-state index is 13.6. The van der Waals surface area contributed by atoms with Crippen LogP contribution in [0.2, 0.25) is 0 Å². The zero-order valence-electron chi connectivity index (χ0n) is 17.1. The van der Waals surface area contributed by atoms with Gasteiger partial charge in [-0.05, 0) is 42.0 Å². The lowest BCUT2D eigenvalue weighted by Crippen LogP contribution is -2.71. The zero-order valence-corrected chi connectivity index (χ0v) is 17.1. The molecule has 2 aromatic carbocycles. The Balaban J connectivity index is 1.47. The zero-order chi connectivity index (χ0) is 22.2. The Hall–Kier alpha value is -3.78. The normalized spacial score (nSPS) is 21.2. The highest BCUT2D eigenvalue weighted by Crippen LogP contribution is 2.48. The van der Waals surface area contributed by atoms with E-state index in [0.717, 1.165) is 11.3 Å². The highest BCUT2D eigenvalue weighted by molar-refractivity contribution is 6.03. The van der Waals surface area contributed by atoms with E-state index in [1.165, 1.54) is 24.4 Å². The van der Waals surface area contributed by atoms with Gasteiger partial charge in [0.15, 0.2) is 0 Å². The fourth-order valence-electron chi connectivity index (χ4n) is 4.75. The molecule has 0 aliphatic carbocycles. The number of urea groups is 1. The van der Waals surface area contributed by atoms with Gasteiger partial charge in [0.05, 0.1) is 24.3 Å². The van der Waals surface area contributed by atoms with E-state index in [9.17, 15) is 19.1 Å². The van der Waals surface area contributed by atoms with Crippen LogP contribution in [0.3, 0.4) is 0 Å². The molecule has 3 heterocycles. The first-order valence-corrected chi connectivity index (χ1v) is 10.3. The molecular weight excluding hydrogens is 411 g/mol. The van der Waals surface area contributed by atoms with Gasteiger partial charge in [-0.25, -0.2) is 9.18 Å². The SMILES string of the molecule is O=C(Nc1cccc(F)c1)N1C[C@@H]2[C@H](c3ccccc31)[C@@H](CO)N2C(=O)c1cccnc1.